The van der Waals surface area contributed by atoms with E-state index in [4.69, 9.17) is 0 Å². The van der Waals surface area contributed by atoms with Crippen LogP contribution < -0.4 is 0 Å². The minimum absolute atomic E-state index is 0.0388. The van der Waals surface area contributed by atoms with Crippen molar-refractivity contribution in [2.24, 2.45) is 0 Å². The van der Waals surface area contributed by atoms with Gasteiger partial charge in [-0.1, -0.05) is 35.3 Å². The van der Waals surface area contributed by atoms with Gasteiger partial charge in [-0.15, -0.1) is 0 Å². The predicted octanol–water partition coefficient (Wildman–Crippen LogP) is 2.92. The van der Waals surface area contributed by atoms with E-state index in [2.05, 4.69) is 22.9 Å². The molecule has 0 unspecified atom stereocenters. The number of carbonyl (C=O) groups is 2. The van der Waals surface area contributed by atoms with Gasteiger partial charge in [0.2, 0.25) is 5.91 Å². The SMILES string of the molecule is CCCCC(=O)N1CCN(C(=O)c2cccc(Br)c2)CC1. The summed E-state index contributed by atoms with van der Waals surface area (Å²) in [4.78, 5) is 28.1. The lowest BCUT2D eigenvalue weighted by atomic mass is 10.1. The topological polar surface area (TPSA) is 40.6 Å². The molecule has 2 rings (SSSR count). The lowest BCUT2D eigenvalue weighted by Crippen LogP contribution is -2.50. The molecule has 1 aromatic carbocycles. The van der Waals surface area contributed by atoms with Crippen molar-refractivity contribution in [1.82, 2.24) is 9.80 Å². The van der Waals surface area contributed by atoms with Gasteiger partial charge in [0.25, 0.3) is 5.91 Å². The maximum Gasteiger partial charge on any atom is 0.254 e. The number of nitrogens with zero attached hydrogens (tertiary/aromatic N) is 2. The summed E-state index contributed by atoms with van der Waals surface area (Å²) in [6.45, 7) is 4.60. The molecular formula is C16H21BrN2O2. The largest absolute Gasteiger partial charge is 0.339 e. The third kappa shape index (κ3) is 4.30. The smallest absolute Gasteiger partial charge is 0.254 e. The van der Waals surface area contributed by atoms with Gasteiger partial charge < -0.3 is 9.80 Å². The van der Waals surface area contributed by atoms with E-state index in [1.54, 1.807) is 0 Å². The average molecular weight is 353 g/mol. The van der Waals surface area contributed by atoms with Crippen LogP contribution in [0.25, 0.3) is 0 Å². The van der Waals surface area contributed by atoms with Gasteiger partial charge in [0.05, 0.1) is 0 Å². The van der Waals surface area contributed by atoms with Crippen LogP contribution in [0.3, 0.4) is 0 Å². The number of amides is 2. The molecule has 0 atom stereocenters. The molecule has 2 amide bonds. The molecule has 114 valence electrons. The Kier molecular flexibility index (Phi) is 5.79. The van der Waals surface area contributed by atoms with Crippen molar-refractivity contribution in [3.05, 3.63) is 34.3 Å². The Morgan fingerprint density at radius 3 is 2.43 bits per heavy atom. The fourth-order valence-electron chi connectivity index (χ4n) is 2.45. The van der Waals surface area contributed by atoms with Crippen molar-refractivity contribution < 1.29 is 9.59 Å². The third-order valence-electron chi connectivity index (χ3n) is 3.74. The lowest BCUT2D eigenvalue weighted by molar-refractivity contribution is -0.132. The van der Waals surface area contributed by atoms with Crippen LogP contribution in [0.5, 0.6) is 0 Å². The second kappa shape index (κ2) is 7.59. The van der Waals surface area contributed by atoms with Gasteiger partial charge in [-0.05, 0) is 24.6 Å². The van der Waals surface area contributed by atoms with Gasteiger partial charge in [-0.3, -0.25) is 9.59 Å². The van der Waals surface area contributed by atoms with Gasteiger partial charge in [0.15, 0.2) is 0 Å². The Hall–Kier alpha value is -1.36. The van der Waals surface area contributed by atoms with E-state index in [0.717, 1.165) is 17.3 Å². The van der Waals surface area contributed by atoms with E-state index >= 15 is 0 Å². The maximum atomic E-state index is 12.4. The molecule has 0 spiro atoms. The van der Waals surface area contributed by atoms with E-state index in [1.165, 1.54) is 0 Å². The standard InChI is InChI=1S/C16H21BrN2O2/c1-2-3-7-15(20)18-8-10-19(11-9-18)16(21)13-5-4-6-14(17)12-13/h4-6,12H,2-3,7-11H2,1H3. The quantitative estimate of drug-likeness (QED) is 0.835. The molecule has 0 aliphatic carbocycles. The Morgan fingerprint density at radius 2 is 1.81 bits per heavy atom. The highest BCUT2D eigenvalue weighted by Crippen LogP contribution is 2.15. The number of unbranched alkanes of at least 4 members (excludes halogenated alkanes) is 1. The summed E-state index contributed by atoms with van der Waals surface area (Å²) in [5.74, 6) is 0.253. The highest BCUT2D eigenvalue weighted by Gasteiger charge is 2.24. The van der Waals surface area contributed by atoms with Crippen LogP contribution >= 0.6 is 15.9 Å². The maximum absolute atomic E-state index is 12.4. The van der Waals surface area contributed by atoms with Gasteiger partial charge in [0.1, 0.15) is 0 Å². The Morgan fingerprint density at radius 1 is 1.14 bits per heavy atom. The fraction of sp³-hybridized carbons (Fsp3) is 0.500. The highest BCUT2D eigenvalue weighted by atomic mass is 79.9. The molecule has 1 fully saturated rings. The summed E-state index contributed by atoms with van der Waals surface area (Å²) in [7, 11) is 0. The first kappa shape index (κ1) is 16.0. The van der Waals surface area contributed by atoms with Gasteiger partial charge in [0, 0.05) is 42.6 Å². The zero-order valence-electron chi connectivity index (χ0n) is 12.3. The first-order valence-electron chi connectivity index (χ1n) is 7.44. The summed E-state index contributed by atoms with van der Waals surface area (Å²) in [5, 5.41) is 0. The van der Waals surface area contributed by atoms with Crippen LogP contribution in [0.1, 0.15) is 36.5 Å². The lowest BCUT2D eigenvalue weighted by Gasteiger charge is -2.35. The van der Waals surface area contributed by atoms with Crippen molar-refractivity contribution in [1.29, 1.82) is 0 Å². The summed E-state index contributed by atoms with van der Waals surface area (Å²) < 4.78 is 0.904. The number of hydrogen-bond donors (Lipinski definition) is 0. The molecule has 0 saturated carbocycles. The molecule has 0 radical (unpaired) electrons. The molecule has 1 saturated heterocycles. The van der Waals surface area contributed by atoms with Crippen molar-refractivity contribution in [3.63, 3.8) is 0 Å². The number of hydrogen-bond acceptors (Lipinski definition) is 2. The second-order valence-electron chi connectivity index (χ2n) is 5.29. The van der Waals surface area contributed by atoms with Crippen molar-refractivity contribution in [3.8, 4) is 0 Å². The molecule has 5 heteroatoms. The molecule has 0 bridgehead atoms. The van der Waals surface area contributed by atoms with Crippen molar-refractivity contribution in [2.75, 3.05) is 26.2 Å². The van der Waals surface area contributed by atoms with Crippen LogP contribution in [0.15, 0.2) is 28.7 Å². The number of halogens is 1. The first-order chi connectivity index (χ1) is 10.1. The molecule has 1 aliphatic heterocycles. The molecule has 0 N–H and O–H groups in total. The molecular weight excluding hydrogens is 332 g/mol. The minimum Gasteiger partial charge on any atom is -0.339 e. The molecule has 1 heterocycles. The molecule has 1 aromatic rings. The van der Waals surface area contributed by atoms with E-state index in [-0.39, 0.29) is 11.8 Å². The zero-order valence-corrected chi connectivity index (χ0v) is 13.9. The van der Waals surface area contributed by atoms with E-state index in [9.17, 15) is 9.59 Å². The van der Waals surface area contributed by atoms with E-state index < -0.39 is 0 Å². The first-order valence-corrected chi connectivity index (χ1v) is 8.23. The Balaban J connectivity index is 1.89. The number of piperazine rings is 1. The predicted molar refractivity (Wildman–Crippen MR) is 86.2 cm³/mol. The van der Waals surface area contributed by atoms with Crippen molar-refractivity contribution in [2.45, 2.75) is 26.2 Å². The summed E-state index contributed by atoms with van der Waals surface area (Å²) >= 11 is 3.38. The summed E-state index contributed by atoms with van der Waals surface area (Å²) in [6.07, 6.45) is 2.60. The molecule has 4 nitrogen and oxygen atoms in total. The van der Waals surface area contributed by atoms with Crippen LogP contribution in [0.4, 0.5) is 0 Å². The van der Waals surface area contributed by atoms with Crippen LogP contribution in [-0.4, -0.2) is 47.8 Å². The van der Waals surface area contributed by atoms with Gasteiger partial charge >= 0.3 is 0 Å². The molecule has 1 aliphatic rings. The Labute approximate surface area is 134 Å². The van der Waals surface area contributed by atoms with Crippen LogP contribution in [-0.2, 0) is 4.79 Å². The number of carbonyl (C=O) groups excluding carboxylic acids is 2. The van der Waals surface area contributed by atoms with Crippen molar-refractivity contribution >= 4 is 27.7 Å². The zero-order chi connectivity index (χ0) is 15.2. The van der Waals surface area contributed by atoms with Gasteiger partial charge in [-0.2, -0.15) is 0 Å². The fourth-order valence-corrected chi connectivity index (χ4v) is 2.85. The number of benzene rings is 1. The van der Waals surface area contributed by atoms with Crippen LogP contribution in [0, 0.1) is 0 Å². The average Bonchev–Trinajstić information content (AvgIpc) is 2.52. The molecule has 0 aromatic heterocycles. The third-order valence-corrected chi connectivity index (χ3v) is 4.23. The van der Waals surface area contributed by atoms with Gasteiger partial charge in [-0.25, -0.2) is 0 Å². The summed E-state index contributed by atoms with van der Waals surface area (Å²) in [5.41, 5.74) is 0.690. The van der Waals surface area contributed by atoms with E-state index in [0.29, 0.717) is 38.2 Å². The second-order valence-corrected chi connectivity index (χ2v) is 6.20. The minimum atomic E-state index is 0.0388. The van der Waals surface area contributed by atoms with E-state index in [1.807, 2.05) is 34.1 Å². The normalized spacial score (nSPS) is 15.1. The highest BCUT2D eigenvalue weighted by molar-refractivity contribution is 9.10. The Bertz CT molecular complexity index is 511. The monoisotopic (exact) mass is 352 g/mol. The van der Waals surface area contributed by atoms with Crippen LogP contribution in [0.2, 0.25) is 0 Å². The number of rotatable bonds is 4. The summed E-state index contributed by atoms with van der Waals surface area (Å²) in [6, 6.07) is 7.43. The molecule has 21 heavy (non-hydrogen) atoms.